The standard InChI is InChI=1S/C6H4N2O5S/c9-6-2-1-4(8(10)11)3-5(6)7-14(12)13/h1-3,9H. The molecular formula is C6H4N2O5S. The molecule has 1 rings (SSSR count). The maximum atomic E-state index is 10.3. The van der Waals surface area contributed by atoms with Crippen molar-refractivity contribution in [2.45, 2.75) is 0 Å². The van der Waals surface area contributed by atoms with Crippen LogP contribution in [0.2, 0.25) is 0 Å². The van der Waals surface area contributed by atoms with Gasteiger partial charge in [0.1, 0.15) is 11.4 Å². The predicted octanol–water partition coefficient (Wildman–Crippen LogP) is 0.995. The van der Waals surface area contributed by atoms with Crippen molar-refractivity contribution in [1.82, 2.24) is 0 Å². The second-order valence-corrected chi connectivity index (χ2v) is 2.86. The van der Waals surface area contributed by atoms with Crippen molar-refractivity contribution in [1.29, 1.82) is 0 Å². The quantitative estimate of drug-likeness (QED) is 0.585. The van der Waals surface area contributed by atoms with Gasteiger partial charge >= 0.3 is 10.5 Å². The zero-order valence-electron chi connectivity index (χ0n) is 6.61. The number of nitrogens with zero attached hydrogens (tertiary/aromatic N) is 2. The van der Waals surface area contributed by atoms with Crippen LogP contribution in [0.25, 0.3) is 0 Å². The van der Waals surface area contributed by atoms with Crippen LogP contribution in [0.15, 0.2) is 22.6 Å². The molecule has 0 aliphatic rings. The number of phenolic OH excluding ortho intramolecular Hbond substituents is 1. The minimum Gasteiger partial charge on any atom is -0.506 e. The molecular weight excluding hydrogens is 212 g/mol. The normalized spacial score (nSPS) is 9.43. The minimum absolute atomic E-state index is 0.341. The van der Waals surface area contributed by atoms with Crippen molar-refractivity contribution < 1.29 is 18.4 Å². The van der Waals surface area contributed by atoms with E-state index in [1.807, 2.05) is 0 Å². The van der Waals surface area contributed by atoms with E-state index in [-0.39, 0.29) is 11.4 Å². The fourth-order valence-electron chi connectivity index (χ4n) is 0.779. The molecule has 0 saturated heterocycles. The van der Waals surface area contributed by atoms with E-state index < -0.39 is 21.2 Å². The summed E-state index contributed by atoms with van der Waals surface area (Å²) in [6, 6.07) is 2.91. The first kappa shape index (κ1) is 10.1. The van der Waals surface area contributed by atoms with Gasteiger partial charge < -0.3 is 5.11 Å². The Morgan fingerprint density at radius 1 is 1.43 bits per heavy atom. The summed E-state index contributed by atoms with van der Waals surface area (Å²) in [7, 11) is -2.76. The van der Waals surface area contributed by atoms with Crippen LogP contribution in [0.3, 0.4) is 0 Å². The van der Waals surface area contributed by atoms with Gasteiger partial charge in [0, 0.05) is 12.1 Å². The van der Waals surface area contributed by atoms with E-state index in [0.717, 1.165) is 18.2 Å². The Hall–Kier alpha value is -1.96. The molecule has 1 aromatic rings. The largest absolute Gasteiger partial charge is 0.506 e. The summed E-state index contributed by atoms with van der Waals surface area (Å²) in [5.74, 6) is -0.431. The van der Waals surface area contributed by atoms with Crippen molar-refractivity contribution >= 4 is 21.9 Å². The molecule has 0 aliphatic carbocycles. The summed E-state index contributed by atoms with van der Waals surface area (Å²) >= 11 is 0. The first-order valence-corrected chi connectivity index (χ1v) is 4.32. The van der Waals surface area contributed by atoms with Crippen molar-refractivity contribution in [3.8, 4) is 5.75 Å². The predicted molar refractivity (Wildman–Crippen MR) is 45.8 cm³/mol. The number of phenols is 1. The van der Waals surface area contributed by atoms with Crippen LogP contribution >= 0.6 is 0 Å². The maximum absolute atomic E-state index is 10.3. The van der Waals surface area contributed by atoms with Crippen LogP contribution in [0.1, 0.15) is 0 Å². The first-order valence-electron chi connectivity index (χ1n) is 3.29. The fraction of sp³-hybridized carbons (Fsp3) is 0. The molecule has 1 aromatic carbocycles. The minimum atomic E-state index is -2.76. The molecule has 0 amide bonds. The zero-order chi connectivity index (χ0) is 10.7. The van der Waals surface area contributed by atoms with Gasteiger partial charge in [0.2, 0.25) is 0 Å². The first-order chi connectivity index (χ1) is 6.50. The highest BCUT2D eigenvalue weighted by molar-refractivity contribution is 7.61. The maximum Gasteiger partial charge on any atom is 0.316 e. The lowest BCUT2D eigenvalue weighted by molar-refractivity contribution is -0.384. The molecule has 74 valence electrons. The highest BCUT2D eigenvalue weighted by atomic mass is 32.2. The van der Waals surface area contributed by atoms with Crippen molar-refractivity contribution in [2.75, 3.05) is 0 Å². The van der Waals surface area contributed by atoms with Crippen molar-refractivity contribution in [3.05, 3.63) is 28.3 Å². The number of nitro groups is 1. The van der Waals surface area contributed by atoms with Gasteiger partial charge in [-0.2, -0.15) is 8.42 Å². The van der Waals surface area contributed by atoms with Gasteiger partial charge in [-0.05, 0) is 6.07 Å². The number of benzene rings is 1. The number of aromatic hydroxyl groups is 1. The SMILES string of the molecule is O=[N+]([O-])c1ccc(O)c(N=S(=O)=O)c1. The molecule has 1 N–H and O–H groups in total. The molecule has 0 heterocycles. The molecule has 0 unspecified atom stereocenters. The zero-order valence-corrected chi connectivity index (χ0v) is 7.43. The summed E-state index contributed by atoms with van der Waals surface area (Å²) in [5.41, 5.74) is -0.695. The Morgan fingerprint density at radius 2 is 2.07 bits per heavy atom. The monoisotopic (exact) mass is 216 g/mol. The second-order valence-electron chi connectivity index (χ2n) is 2.24. The third-order valence-electron chi connectivity index (χ3n) is 1.34. The lowest BCUT2D eigenvalue weighted by Crippen LogP contribution is -1.86. The van der Waals surface area contributed by atoms with Gasteiger partial charge in [-0.25, -0.2) is 0 Å². The molecule has 8 heteroatoms. The molecule has 0 atom stereocenters. The molecule has 0 bridgehead atoms. The van der Waals surface area contributed by atoms with Gasteiger partial charge in [-0.1, -0.05) is 0 Å². The van der Waals surface area contributed by atoms with Crippen LogP contribution in [0.4, 0.5) is 11.4 Å². The van der Waals surface area contributed by atoms with Crippen LogP contribution < -0.4 is 0 Å². The Balaban J connectivity index is 3.36. The molecule has 0 aliphatic heterocycles. The Labute approximate surface area is 79.5 Å². The summed E-state index contributed by atoms with van der Waals surface area (Å²) in [6.45, 7) is 0. The van der Waals surface area contributed by atoms with Crippen molar-refractivity contribution in [3.63, 3.8) is 0 Å². The average molecular weight is 216 g/mol. The van der Waals surface area contributed by atoms with Crippen LogP contribution in [-0.2, 0) is 10.5 Å². The lowest BCUT2D eigenvalue weighted by Gasteiger charge is -1.95. The van der Waals surface area contributed by atoms with Gasteiger partial charge in [-0.3, -0.25) is 10.1 Å². The number of nitro benzene ring substituents is 1. The van der Waals surface area contributed by atoms with Gasteiger partial charge in [0.05, 0.1) is 4.92 Å². The van der Waals surface area contributed by atoms with E-state index in [2.05, 4.69) is 4.36 Å². The third-order valence-corrected chi connectivity index (χ3v) is 1.69. The molecule has 0 radical (unpaired) electrons. The van der Waals surface area contributed by atoms with Gasteiger partial charge in [0.15, 0.2) is 0 Å². The van der Waals surface area contributed by atoms with Crippen molar-refractivity contribution in [2.24, 2.45) is 4.36 Å². The smallest absolute Gasteiger partial charge is 0.316 e. The topological polar surface area (TPSA) is 110 Å². The summed E-state index contributed by atoms with van der Waals surface area (Å²) < 4.78 is 23.3. The summed E-state index contributed by atoms with van der Waals surface area (Å²) in [4.78, 5) is 9.56. The lowest BCUT2D eigenvalue weighted by atomic mass is 10.2. The van der Waals surface area contributed by atoms with E-state index in [1.165, 1.54) is 0 Å². The number of hydrogen-bond acceptors (Lipinski definition) is 6. The van der Waals surface area contributed by atoms with E-state index >= 15 is 0 Å². The molecule has 0 spiro atoms. The Kier molecular flexibility index (Phi) is 2.77. The number of hydrogen-bond donors (Lipinski definition) is 1. The summed E-state index contributed by atoms with van der Waals surface area (Å²) in [5, 5.41) is 19.4. The van der Waals surface area contributed by atoms with E-state index in [9.17, 15) is 18.5 Å². The van der Waals surface area contributed by atoms with Gasteiger partial charge in [-0.15, -0.1) is 4.36 Å². The highest BCUT2D eigenvalue weighted by Crippen LogP contribution is 2.29. The van der Waals surface area contributed by atoms with E-state index in [1.54, 1.807) is 0 Å². The highest BCUT2D eigenvalue weighted by Gasteiger charge is 2.09. The average Bonchev–Trinajstić information content (AvgIpc) is 2.07. The molecule has 0 fully saturated rings. The molecule has 7 nitrogen and oxygen atoms in total. The molecule has 0 aromatic heterocycles. The third kappa shape index (κ3) is 2.26. The summed E-state index contributed by atoms with van der Waals surface area (Å²) in [6.07, 6.45) is 0. The van der Waals surface area contributed by atoms with E-state index in [0.29, 0.717) is 0 Å². The Bertz CT molecular complexity index is 499. The van der Waals surface area contributed by atoms with E-state index in [4.69, 9.17) is 5.11 Å². The number of non-ortho nitro benzene ring substituents is 1. The van der Waals surface area contributed by atoms with Crippen LogP contribution in [-0.4, -0.2) is 18.4 Å². The van der Waals surface area contributed by atoms with Crippen LogP contribution in [0.5, 0.6) is 5.75 Å². The molecule has 14 heavy (non-hydrogen) atoms. The van der Waals surface area contributed by atoms with Gasteiger partial charge in [0.25, 0.3) is 5.69 Å². The fourth-order valence-corrected chi connectivity index (χ4v) is 1.09. The molecule has 0 saturated carbocycles. The Morgan fingerprint density at radius 3 is 2.57 bits per heavy atom. The number of rotatable bonds is 2. The second kappa shape index (κ2) is 3.83. The van der Waals surface area contributed by atoms with Crippen LogP contribution in [0, 0.1) is 10.1 Å².